The number of hydrogen-bond donors (Lipinski definition) is 1. The molecule has 0 saturated heterocycles. The van der Waals surface area contributed by atoms with E-state index in [4.69, 9.17) is 10.6 Å². The molecule has 0 aliphatic carbocycles. The van der Waals surface area contributed by atoms with Gasteiger partial charge >= 0.3 is 5.97 Å². The van der Waals surface area contributed by atoms with Crippen LogP contribution in [0.4, 0.5) is 0 Å². The van der Waals surface area contributed by atoms with Gasteiger partial charge in [0.25, 0.3) is 0 Å². The minimum absolute atomic E-state index is 0.189. The Morgan fingerprint density at radius 2 is 2.00 bits per heavy atom. The Balaban J connectivity index is 3.87. The number of carbonyl (C=O) groups is 1. The summed E-state index contributed by atoms with van der Waals surface area (Å²) in [5.74, 6) is 4.23. The van der Waals surface area contributed by atoms with E-state index in [1.807, 2.05) is 20.8 Å². The van der Waals surface area contributed by atoms with Gasteiger partial charge in [0, 0.05) is 0 Å². The maximum Gasteiger partial charge on any atom is 0.311 e. The first-order valence-electron chi connectivity index (χ1n) is 3.91. The summed E-state index contributed by atoms with van der Waals surface area (Å²) in [5.41, 5.74) is -0.445. The lowest BCUT2D eigenvalue weighted by atomic mass is 10.1. The highest BCUT2D eigenvalue weighted by molar-refractivity contribution is 5.72. The van der Waals surface area contributed by atoms with Crippen molar-refractivity contribution in [3.8, 4) is 0 Å². The molecule has 0 amide bonds. The molecule has 0 aromatic rings. The van der Waals surface area contributed by atoms with E-state index in [1.165, 1.54) is 0 Å². The predicted octanol–water partition coefficient (Wildman–Crippen LogP) is 0.854. The molecular weight excluding hydrogens is 158 g/mol. The molecule has 0 heterocycles. The fourth-order valence-electron chi connectivity index (χ4n) is 0.615. The summed E-state index contributed by atoms with van der Waals surface area (Å²) in [6.45, 7) is 7.36. The molecule has 0 fully saturated rings. The van der Waals surface area contributed by atoms with Crippen LogP contribution in [0.5, 0.6) is 0 Å². The molecule has 0 bridgehead atoms. The van der Waals surface area contributed by atoms with Gasteiger partial charge in [-0.1, -0.05) is 0 Å². The van der Waals surface area contributed by atoms with Crippen molar-refractivity contribution in [1.29, 1.82) is 0 Å². The van der Waals surface area contributed by atoms with Crippen LogP contribution >= 0.6 is 0 Å². The number of hydrogen-bond acceptors (Lipinski definition) is 4. The molecule has 4 nitrogen and oxygen atoms in total. The molecule has 0 aromatic carbocycles. The van der Waals surface area contributed by atoms with Crippen molar-refractivity contribution in [2.45, 2.75) is 33.3 Å². The van der Waals surface area contributed by atoms with Crippen LogP contribution in [-0.4, -0.2) is 18.2 Å². The first-order valence-corrected chi connectivity index (χ1v) is 3.91. The smallest absolute Gasteiger partial charge is 0.311 e. The van der Waals surface area contributed by atoms with Gasteiger partial charge in [-0.25, -0.2) is 5.90 Å². The summed E-state index contributed by atoms with van der Waals surface area (Å²) in [6, 6.07) is 0. The fraction of sp³-hybridized carbons (Fsp3) is 0.875. The molecule has 2 N–H and O–H groups in total. The lowest BCUT2D eigenvalue weighted by molar-refractivity contribution is -0.161. The monoisotopic (exact) mass is 175 g/mol. The van der Waals surface area contributed by atoms with E-state index in [2.05, 4.69) is 4.84 Å². The average molecular weight is 175 g/mol. The fourth-order valence-corrected chi connectivity index (χ4v) is 0.615. The topological polar surface area (TPSA) is 61.5 Å². The lowest BCUT2D eigenvalue weighted by Gasteiger charge is -2.21. The Hall–Kier alpha value is -0.610. The van der Waals surface area contributed by atoms with E-state index in [0.717, 1.165) is 0 Å². The van der Waals surface area contributed by atoms with Gasteiger partial charge in [-0.15, -0.1) is 0 Å². The van der Waals surface area contributed by atoms with Gasteiger partial charge in [-0.05, 0) is 27.7 Å². The van der Waals surface area contributed by atoms with Crippen molar-refractivity contribution in [2.24, 2.45) is 11.8 Å². The molecule has 0 radical (unpaired) electrons. The zero-order valence-corrected chi connectivity index (χ0v) is 8.09. The predicted molar refractivity (Wildman–Crippen MR) is 45.1 cm³/mol. The molecule has 0 spiro atoms. The van der Waals surface area contributed by atoms with E-state index in [9.17, 15) is 4.79 Å². The van der Waals surface area contributed by atoms with Gasteiger partial charge in [-0.3, -0.25) is 4.79 Å². The summed E-state index contributed by atoms with van der Waals surface area (Å²) < 4.78 is 5.08. The Morgan fingerprint density at radius 3 is 2.33 bits per heavy atom. The van der Waals surface area contributed by atoms with E-state index >= 15 is 0 Å². The number of ether oxygens (including phenoxy) is 1. The Labute approximate surface area is 73.0 Å². The third-order valence-electron chi connectivity index (χ3n) is 1.16. The molecular formula is C8H17NO3. The maximum absolute atomic E-state index is 11.2. The molecule has 12 heavy (non-hydrogen) atoms. The highest BCUT2D eigenvalue weighted by atomic mass is 16.6. The van der Waals surface area contributed by atoms with Crippen LogP contribution in [0.15, 0.2) is 0 Å². The Kier molecular flexibility index (Phi) is 4.20. The molecule has 1 atom stereocenters. The van der Waals surface area contributed by atoms with Crippen molar-refractivity contribution >= 4 is 5.97 Å². The Bertz CT molecular complexity index is 151. The molecule has 0 aliphatic rings. The highest BCUT2D eigenvalue weighted by Gasteiger charge is 2.21. The molecule has 0 unspecified atom stereocenters. The normalized spacial score (nSPS) is 14.1. The minimum Gasteiger partial charge on any atom is -0.460 e. The second-order valence-electron chi connectivity index (χ2n) is 3.77. The SMILES string of the molecule is C[C@@H](CON)C(=O)OC(C)(C)C. The van der Waals surface area contributed by atoms with E-state index < -0.39 is 5.60 Å². The first-order chi connectivity index (χ1) is 5.37. The highest BCUT2D eigenvalue weighted by Crippen LogP contribution is 2.10. The lowest BCUT2D eigenvalue weighted by Crippen LogP contribution is -2.30. The van der Waals surface area contributed by atoms with E-state index in [1.54, 1.807) is 6.92 Å². The van der Waals surface area contributed by atoms with Crippen molar-refractivity contribution in [3.63, 3.8) is 0 Å². The largest absolute Gasteiger partial charge is 0.460 e. The van der Waals surface area contributed by atoms with Crippen LogP contribution in [0.25, 0.3) is 0 Å². The molecule has 0 aromatic heterocycles. The molecule has 0 saturated carbocycles. The Morgan fingerprint density at radius 1 is 1.50 bits per heavy atom. The molecule has 0 aliphatic heterocycles. The van der Waals surface area contributed by atoms with Gasteiger partial charge < -0.3 is 9.57 Å². The van der Waals surface area contributed by atoms with Gasteiger partial charge in [0.2, 0.25) is 0 Å². The average Bonchev–Trinajstić information content (AvgIpc) is 1.84. The van der Waals surface area contributed by atoms with Crippen LogP contribution in [0.2, 0.25) is 0 Å². The first kappa shape index (κ1) is 11.4. The van der Waals surface area contributed by atoms with Crippen LogP contribution in [0.3, 0.4) is 0 Å². The number of rotatable bonds is 3. The van der Waals surface area contributed by atoms with Gasteiger partial charge in [-0.2, -0.15) is 0 Å². The van der Waals surface area contributed by atoms with Crippen LogP contribution in [0.1, 0.15) is 27.7 Å². The number of esters is 1. The summed E-state index contributed by atoms with van der Waals surface area (Å²) >= 11 is 0. The quantitative estimate of drug-likeness (QED) is 0.510. The summed E-state index contributed by atoms with van der Waals surface area (Å²) in [7, 11) is 0. The van der Waals surface area contributed by atoms with Crippen LogP contribution in [0, 0.1) is 5.92 Å². The molecule has 72 valence electrons. The second-order valence-corrected chi connectivity index (χ2v) is 3.77. The van der Waals surface area contributed by atoms with E-state index in [-0.39, 0.29) is 18.5 Å². The van der Waals surface area contributed by atoms with Gasteiger partial charge in [0.1, 0.15) is 5.60 Å². The third-order valence-corrected chi connectivity index (χ3v) is 1.16. The number of carbonyl (C=O) groups excluding carboxylic acids is 1. The minimum atomic E-state index is -0.445. The van der Waals surface area contributed by atoms with Gasteiger partial charge in [0.15, 0.2) is 0 Å². The van der Waals surface area contributed by atoms with Crippen molar-refractivity contribution in [1.82, 2.24) is 0 Å². The molecule has 0 rings (SSSR count). The van der Waals surface area contributed by atoms with Crippen LogP contribution < -0.4 is 5.90 Å². The molecule has 4 heteroatoms. The third kappa shape index (κ3) is 5.09. The maximum atomic E-state index is 11.2. The van der Waals surface area contributed by atoms with Gasteiger partial charge in [0.05, 0.1) is 12.5 Å². The zero-order chi connectivity index (χ0) is 9.78. The zero-order valence-electron chi connectivity index (χ0n) is 8.09. The summed E-state index contributed by atoms with van der Waals surface area (Å²) in [6.07, 6.45) is 0. The second kappa shape index (κ2) is 4.42. The number of nitrogens with two attached hydrogens (primary N) is 1. The standard InChI is InChI=1S/C8H17NO3/c1-6(5-11-9)7(10)12-8(2,3)4/h6H,5,9H2,1-4H3/t6-/m0/s1. The summed E-state index contributed by atoms with van der Waals surface area (Å²) in [4.78, 5) is 15.5. The van der Waals surface area contributed by atoms with Crippen molar-refractivity contribution in [3.05, 3.63) is 0 Å². The van der Waals surface area contributed by atoms with E-state index in [0.29, 0.717) is 0 Å². The van der Waals surface area contributed by atoms with Crippen molar-refractivity contribution in [2.75, 3.05) is 6.61 Å². The summed E-state index contributed by atoms with van der Waals surface area (Å²) in [5, 5.41) is 0. The van der Waals surface area contributed by atoms with Crippen LogP contribution in [-0.2, 0) is 14.4 Å². The van der Waals surface area contributed by atoms with Crippen molar-refractivity contribution < 1.29 is 14.4 Å².